The molecule has 0 bridgehead atoms. The van der Waals surface area contributed by atoms with Crippen LogP contribution in [-0.2, 0) is 11.2 Å². The lowest BCUT2D eigenvalue weighted by atomic mass is 10.1. The van der Waals surface area contributed by atoms with Gasteiger partial charge in [-0.2, -0.15) is 0 Å². The molecule has 0 unspecified atom stereocenters. The van der Waals surface area contributed by atoms with Crippen molar-refractivity contribution in [3.8, 4) is 0 Å². The topological polar surface area (TPSA) is 29.1 Å². The first kappa shape index (κ1) is 13.8. The molecule has 1 amide bonds. The van der Waals surface area contributed by atoms with Gasteiger partial charge in [-0.05, 0) is 37.0 Å². The molecule has 0 saturated heterocycles. The fourth-order valence-corrected chi connectivity index (χ4v) is 1.78. The summed E-state index contributed by atoms with van der Waals surface area (Å²) in [5, 5.41) is 2.90. The molecule has 0 atom stereocenters. The standard InChI is InChI=1S/C15H23NO/c1-3-5-6-8-13-9-11-14(12-10-13)16-15(17)7-4-2/h9-12H,3-8H2,1-2H3,(H,16,17). The number of carbonyl (C=O) groups excluding carboxylic acids is 1. The molecule has 0 radical (unpaired) electrons. The first-order valence-corrected chi connectivity index (χ1v) is 6.65. The van der Waals surface area contributed by atoms with Crippen LogP contribution in [0.3, 0.4) is 0 Å². The third-order valence-corrected chi connectivity index (χ3v) is 2.78. The quantitative estimate of drug-likeness (QED) is 0.704. The van der Waals surface area contributed by atoms with E-state index in [4.69, 9.17) is 0 Å². The second kappa shape index (κ2) is 7.88. The third-order valence-electron chi connectivity index (χ3n) is 2.78. The Morgan fingerprint density at radius 1 is 1.06 bits per heavy atom. The molecule has 0 aliphatic rings. The summed E-state index contributed by atoms with van der Waals surface area (Å²) in [6, 6.07) is 8.21. The normalized spacial score (nSPS) is 10.2. The highest BCUT2D eigenvalue weighted by molar-refractivity contribution is 5.90. The van der Waals surface area contributed by atoms with Crippen molar-refractivity contribution >= 4 is 11.6 Å². The lowest BCUT2D eigenvalue weighted by Crippen LogP contribution is -2.10. The molecule has 1 aromatic carbocycles. The SMILES string of the molecule is CCCCCc1ccc(NC(=O)CCC)cc1. The van der Waals surface area contributed by atoms with Crippen molar-refractivity contribution < 1.29 is 4.79 Å². The van der Waals surface area contributed by atoms with E-state index in [0.717, 1.165) is 18.5 Å². The van der Waals surface area contributed by atoms with Gasteiger partial charge in [-0.15, -0.1) is 0 Å². The molecule has 0 fully saturated rings. The molecular formula is C15H23NO. The van der Waals surface area contributed by atoms with Gasteiger partial charge in [0.25, 0.3) is 0 Å². The molecule has 1 N–H and O–H groups in total. The number of benzene rings is 1. The van der Waals surface area contributed by atoms with Crippen LogP contribution in [0.5, 0.6) is 0 Å². The van der Waals surface area contributed by atoms with Gasteiger partial charge in [-0.25, -0.2) is 0 Å². The second-order valence-corrected chi connectivity index (χ2v) is 4.45. The largest absolute Gasteiger partial charge is 0.326 e. The second-order valence-electron chi connectivity index (χ2n) is 4.45. The van der Waals surface area contributed by atoms with Crippen LogP contribution >= 0.6 is 0 Å². The van der Waals surface area contributed by atoms with Gasteiger partial charge in [-0.1, -0.05) is 38.8 Å². The summed E-state index contributed by atoms with van der Waals surface area (Å²) in [4.78, 5) is 11.4. The van der Waals surface area contributed by atoms with Crippen molar-refractivity contribution in [2.24, 2.45) is 0 Å². The van der Waals surface area contributed by atoms with E-state index in [0.29, 0.717) is 6.42 Å². The smallest absolute Gasteiger partial charge is 0.224 e. The van der Waals surface area contributed by atoms with Crippen LogP contribution in [0, 0.1) is 0 Å². The highest BCUT2D eigenvalue weighted by atomic mass is 16.1. The number of rotatable bonds is 7. The van der Waals surface area contributed by atoms with E-state index in [1.54, 1.807) is 0 Å². The third kappa shape index (κ3) is 5.53. The van der Waals surface area contributed by atoms with Crippen molar-refractivity contribution in [2.45, 2.75) is 52.4 Å². The number of hydrogen-bond donors (Lipinski definition) is 1. The zero-order chi connectivity index (χ0) is 12.5. The number of carbonyl (C=O) groups is 1. The van der Waals surface area contributed by atoms with Gasteiger partial charge >= 0.3 is 0 Å². The minimum atomic E-state index is 0.103. The molecule has 0 aromatic heterocycles. The van der Waals surface area contributed by atoms with Crippen LogP contribution in [0.1, 0.15) is 51.5 Å². The van der Waals surface area contributed by atoms with Crippen LogP contribution < -0.4 is 5.32 Å². The average Bonchev–Trinajstić information content (AvgIpc) is 2.32. The molecule has 0 aliphatic carbocycles. The van der Waals surface area contributed by atoms with E-state index >= 15 is 0 Å². The summed E-state index contributed by atoms with van der Waals surface area (Å²) in [5.41, 5.74) is 2.26. The van der Waals surface area contributed by atoms with E-state index in [2.05, 4.69) is 24.4 Å². The fraction of sp³-hybridized carbons (Fsp3) is 0.533. The Morgan fingerprint density at radius 2 is 1.76 bits per heavy atom. The molecule has 0 heterocycles. The van der Waals surface area contributed by atoms with Crippen LogP contribution in [0.4, 0.5) is 5.69 Å². The molecule has 1 aromatic rings. The average molecular weight is 233 g/mol. The fourth-order valence-electron chi connectivity index (χ4n) is 1.78. The predicted octanol–water partition coefficient (Wildman–Crippen LogP) is 4.16. The zero-order valence-corrected chi connectivity index (χ0v) is 11.0. The Hall–Kier alpha value is -1.31. The summed E-state index contributed by atoms with van der Waals surface area (Å²) in [6.45, 7) is 4.22. The molecule has 0 spiro atoms. The highest BCUT2D eigenvalue weighted by Gasteiger charge is 2.00. The zero-order valence-electron chi connectivity index (χ0n) is 11.0. The Labute approximate surface area is 104 Å². The summed E-state index contributed by atoms with van der Waals surface area (Å²) >= 11 is 0. The maximum Gasteiger partial charge on any atom is 0.224 e. The van der Waals surface area contributed by atoms with Crippen molar-refractivity contribution in [3.05, 3.63) is 29.8 Å². The predicted molar refractivity (Wildman–Crippen MR) is 73.2 cm³/mol. The Kier molecular flexibility index (Phi) is 6.38. The summed E-state index contributed by atoms with van der Waals surface area (Å²) in [7, 11) is 0. The summed E-state index contributed by atoms with van der Waals surface area (Å²) < 4.78 is 0. The molecule has 0 aliphatic heterocycles. The van der Waals surface area contributed by atoms with Crippen molar-refractivity contribution in [1.29, 1.82) is 0 Å². The van der Waals surface area contributed by atoms with Crippen molar-refractivity contribution in [1.82, 2.24) is 0 Å². The minimum absolute atomic E-state index is 0.103. The first-order chi connectivity index (χ1) is 8.26. The van der Waals surface area contributed by atoms with Crippen LogP contribution in [0.2, 0.25) is 0 Å². The van der Waals surface area contributed by atoms with Gasteiger partial charge in [0.1, 0.15) is 0 Å². The molecule has 1 rings (SSSR count). The number of unbranched alkanes of at least 4 members (excludes halogenated alkanes) is 2. The first-order valence-electron chi connectivity index (χ1n) is 6.65. The van der Waals surface area contributed by atoms with Crippen LogP contribution in [0.25, 0.3) is 0 Å². The number of amides is 1. The van der Waals surface area contributed by atoms with E-state index in [-0.39, 0.29) is 5.91 Å². The van der Waals surface area contributed by atoms with E-state index < -0.39 is 0 Å². The van der Waals surface area contributed by atoms with E-state index in [1.165, 1.54) is 24.8 Å². The van der Waals surface area contributed by atoms with Crippen molar-refractivity contribution in [2.75, 3.05) is 5.32 Å². The number of anilines is 1. The van der Waals surface area contributed by atoms with Gasteiger partial charge in [0.2, 0.25) is 5.91 Å². The van der Waals surface area contributed by atoms with Gasteiger partial charge in [0.15, 0.2) is 0 Å². The number of hydrogen-bond acceptors (Lipinski definition) is 1. The summed E-state index contributed by atoms with van der Waals surface area (Å²) in [6.07, 6.45) is 6.41. The molecule has 0 saturated carbocycles. The van der Waals surface area contributed by atoms with Crippen molar-refractivity contribution in [3.63, 3.8) is 0 Å². The number of aryl methyl sites for hydroxylation is 1. The van der Waals surface area contributed by atoms with E-state index in [1.807, 2.05) is 19.1 Å². The Morgan fingerprint density at radius 3 is 2.35 bits per heavy atom. The van der Waals surface area contributed by atoms with Gasteiger partial charge in [-0.3, -0.25) is 4.79 Å². The van der Waals surface area contributed by atoms with Gasteiger partial charge < -0.3 is 5.32 Å². The highest BCUT2D eigenvalue weighted by Crippen LogP contribution is 2.12. The minimum Gasteiger partial charge on any atom is -0.326 e. The van der Waals surface area contributed by atoms with Gasteiger partial charge in [0.05, 0.1) is 0 Å². The van der Waals surface area contributed by atoms with E-state index in [9.17, 15) is 4.79 Å². The molecule has 2 nitrogen and oxygen atoms in total. The summed E-state index contributed by atoms with van der Waals surface area (Å²) in [5.74, 6) is 0.103. The molecule has 2 heteroatoms. The number of nitrogens with one attached hydrogen (secondary N) is 1. The van der Waals surface area contributed by atoms with Crippen LogP contribution in [-0.4, -0.2) is 5.91 Å². The van der Waals surface area contributed by atoms with Gasteiger partial charge in [0, 0.05) is 12.1 Å². The Balaban J connectivity index is 2.41. The van der Waals surface area contributed by atoms with Crippen LogP contribution in [0.15, 0.2) is 24.3 Å². The molecular weight excluding hydrogens is 210 g/mol. The molecule has 17 heavy (non-hydrogen) atoms. The lowest BCUT2D eigenvalue weighted by Gasteiger charge is -2.06. The molecule has 94 valence electrons. The Bertz CT molecular complexity index is 329. The lowest BCUT2D eigenvalue weighted by molar-refractivity contribution is -0.116. The maximum atomic E-state index is 11.4. The monoisotopic (exact) mass is 233 g/mol. The maximum absolute atomic E-state index is 11.4.